The Morgan fingerprint density at radius 2 is 1.86 bits per heavy atom. The first kappa shape index (κ1) is 10.9. The van der Waals surface area contributed by atoms with Gasteiger partial charge in [0.05, 0.1) is 5.60 Å². The second kappa shape index (κ2) is 3.93. The fourth-order valence-corrected chi connectivity index (χ4v) is 1.42. The van der Waals surface area contributed by atoms with Crippen LogP contribution in [-0.2, 0) is 10.4 Å². The largest absolute Gasteiger partial charge is 0.385 e. The van der Waals surface area contributed by atoms with E-state index in [1.807, 2.05) is 30.3 Å². The van der Waals surface area contributed by atoms with Gasteiger partial charge in [-0.2, -0.15) is 0 Å². The Morgan fingerprint density at radius 1 is 1.36 bits per heavy atom. The van der Waals surface area contributed by atoms with Crippen molar-refractivity contribution in [2.45, 2.75) is 26.4 Å². The molecule has 0 radical (unpaired) electrons. The number of carbonyl (C=O) groups excluding carboxylic acids is 1. The minimum absolute atomic E-state index is 0.00106. The third kappa shape index (κ3) is 2.02. The molecular weight excluding hydrogens is 176 g/mol. The molecule has 1 rings (SSSR count). The van der Waals surface area contributed by atoms with Crippen LogP contribution < -0.4 is 0 Å². The first-order chi connectivity index (χ1) is 6.46. The van der Waals surface area contributed by atoms with Crippen LogP contribution in [0.15, 0.2) is 30.3 Å². The van der Waals surface area contributed by atoms with Crippen molar-refractivity contribution in [3.05, 3.63) is 35.9 Å². The predicted octanol–water partition coefficient (Wildman–Crippen LogP) is 2.12. The average Bonchev–Trinajstić information content (AvgIpc) is 2.18. The van der Waals surface area contributed by atoms with Gasteiger partial charge in [-0.25, -0.2) is 0 Å². The zero-order chi connectivity index (χ0) is 10.8. The Bertz CT molecular complexity index is 314. The molecule has 0 fully saturated rings. The Kier molecular flexibility index (Phi) is 3.06. The van der Waals surface area contributed by atoms with E-state index in [0.29, 0.717) is 0 Å². The van der Waals surface area contributed by atoms with Crippen LogP contribution in [-0.4, -0.2) is 10.9 Å². The monoisotopic (exact) mass is 192 g/mol. The van der Waals surface area contributed by atoms with Crippen molar-refractivity contribution >= 4 is 5.78 Å². The number of rotatable bonds is 3. The van der Waals surface area contributed by atoms with E-state index in [-0.39, 0.29) is 11.7 Å². The summed E-state index contributed by atoms with van der Waals surface area (Å²) in [7, 11) is 0. The van der Waals surface area contributed by atoms with E-state index < -0.39 is 5.60 Å². The van der Waals surface area contributed by atoms with Gasteiger partial charge in [-0.3, -0.25) is 4.79 Å². The summed E-state index contributed by atoms with van der Waals surface area (Å²) in [6.07, 6.45) is 0. The van der Waals surface area contributed by atoms with Gasteiger partial charge in [0.2, 0.25) is 0 Å². The van der Waals surface area contributed by atoms with E-state index in [1.54, 1.807) is 13.8 Å². The van der Waals surface area contributed by atoms with Gasteiger partial charge in [-0.15, -0.1) is 0 Å². The third-order valence-electron chi connectivity index (χ3n) is 2.81. The highest BCUT2D eigenvalue weighted by Gasteiger charge is 2.32. The van der Waals surface area contributed by atoms with Gasteiger partial charge in [0, 0.05) is 5.92 Å². The number of carbonyl (C=O) groups is 1. The van der Waals surface area contributed by atoms with Crippen molar-refractivity contribution in [2.24, 2.45) is 5.92 Å². The summed E-state index contributed by atoms with van der Waals surface area (Å²) in [5, 5.41) is 10.2. The summed E-state index contributed by atoms with van der Waals surface area (Å²) in [5.41, 5.74) is -0.296. The topological polar surface area (TPSA) is 37.3 Å². The lowest BCUT2D eigenvalue weighted by molar-refractivity contribution is -0.128. The summed E-state index contributed by atoms with van der Waals surface area (Å²) >= 11 is 0. The van der Waals surface area contributed by atoms with Gasteiger partial charge < -0.3 is 5.11 Å². The summed E-state index contributed by atoms with van der Waals surface area (Å²) in [6.45, 7) is 4.92. The lowest BCUT2D eigenvalue weighted by atomic mass is 9.82. The van der Waals surface area contributed by atoms with Crippen molar-refractivity contribution in [1.82, 2.24) is 0 Å². The van der Waals surface area contributed by atoms with Crippen LogP contribution in [0, 0.1) is 5.92 Å². The van der Waals surface area contributed by atoms with E-state index >= 15 is 0 Å². The van der Waals surface area contributed by atoms with Gasteiger partial charge in [-0.1, -0.05) is 37.3 Å². The molecule has 0 heterocycles. The lowest BCUT2D eigenvalue weighted by Crippen LogP contribution is -2.34. The quantitative estimate of drug-likeness (QED) is 0.796. The van der Waals surface area contributed by atoms with E-state index in [4.69, 9.17) is 0 Å². The van der Waals surface area contributed by atoms with Crippen LogP contribution in [0.4, 0.5) is 0 Å². The molecule has 0 aliphatic carbocycles. The average molecular weight is 192 g/mol. The second-order valence-electron chi connectivity index (χ2n) is 3.85. The lowest BCUT2D eigenvalue weighted by Gasteiger charge is -2.29. The first-order valence-corrected chi connectivity index (χ1v) is 4.74. The molecule has 0 unspecified atom stereocenters. The summed E-state index contributed by atoms with van der Waals surface area (Å²) < 4.78 is 0. The molecule has 0 saturated carbocycles. The Balaban J connectivity index is 3.02. The maximum absolute atomic E-state index is 11.2. The molecule has 0 spiro atoms. The molecule has 0 aromatic heterocycles. The number of benzene rings is 1. The molecule has 1 aromatic carbocycles. The summed E-state index contributed by atoms with van der Waals surface area (Å²) in [5.74, 6) is -0.385. The molecule has 0 aliphatic rings. The molecule has 0 bridgehead atoms. The molecule has 0 aliphatic heterocycles. The number of Topliss-reactive ketones (excluding diaryl/α,β-unsaturated/α-hetero) is 1. The van der Waals surface area contributed by atoms with Crippen LogP contribution in [0.25, 0.3) is 0 Å². The van der Waals surface area contributed by atoms with Crippen molar-refractivity contribution < 1.29 is 9.90 Å². The summed E-state index contributed by atoms with van der Waals surface area (Å²) in [4.78, 5) is 11.2. The van der Waals surface area contributed by atoms with Gasteiger partial charge in [-0.05, 0) is 19.4 Å². The van der Waals surface area contributed by atoms with E-state index in [9.17, 15) is 9.90 Å². The molecular formula is C12H16O2. The summed E-state index contributed by atoms with van der Waals surface area (Å²) in [6, 6.07) is 9.27. The van der Waals surface area contributed by atoms with Gasteiger partial charge in [0.25, 0.3) is 0 Å². The number of ketones is 1. The van der Waals surface area contributed by atoms with Gasteiger partial charge in [0.15, 0.2) is 0 Å². The zero-order valence-corrected chi connectivity index (χ0v) is 8.82. The first-order valence-electron chi connectivity index (χ1n) is 4.74. The Labute approximate surface area is 84.6 Å². The van der Waals surface area contributed by atoms with Crippen LogP contribution in [0.3, 0.4) is 0 Å². The standard InChI is InChI=1S/C12H16O2/c1-9(10(2)13)12(3,14)11-7-5-4-6-8-11/h4-9,14H,1-3H3/t9-,12+/m1/s1. The molecule has 0 saturated heterocycles. The maximum Gasteiger partial charge on any atom is 0.135 e. The predicted molar refractivity (Wildman–Crippen MR) is 55.9 cm³/mol. The normalized spacial score (nSPS) is 17.1. The number of hydrogen-bond acceptors (Lipinski definition) is 2. The van der Waals surface area contributed by atoms with Crippen molar-refractivity contribution in [3.8, 4) is 0 Å². The van der Waals surface area contributed by atoms with Crippen LogP contribution >= 0.6 is 0 Å². The molecule has 0 amide bonds. The van der Waals surface area contributed by atoms with E-state index in [1.165, 1.54) is 6.92 Å². The highest BCUT2D eigenvalue weighted by molar-refractivity contribution is 5.79. The van der Waals surface area contributed by atoms with E-state index in [2.05, 4.69) is 0 Å². The molecule has 76 valence electrons. The molecule has 2 heteroatoms. The SMILES string of the molecule is CC(=O)[C@@H](C)[C@](C)(O)c1ccccc1. The zero-order valence-electron chi connectivity index (χ0n) is 8.82. The molecule has 2 nitrogen and oxygen atoms in total. The Hall–Kier alpha value is -1.15. The molecule has 1 aromatic rings. The third-order valence-corrected chi connectivity index (χ3v) is 2.81. The maximum atomic E-state index is 11.2. The molecule has 14 heavy (non-hydrogen) atoms. The van der Waals surface area contributed by atoms with Crippen LogP contribution in [0.5, 0.6) is 0 Å². The van der Waals surface area contributed by atoms with Crippen LogP contribution in [0.2, 0.25) is 0 Å². The van der Waals surface area contributed by atoms with Crippen molar-refractivity contribution in [1.29, 1.82) is 0 Å². The number of hydrogen-bond donors (Lipinski definition) is 1. The Morgan fingerprint density at radius 3 is 2.29 bits per heavy atom. The van der Waals surface area contributed by atoms with Crippen molar-refractivity contribution in [2.75, 3.05) is 0 Å². The van der Waals surface area contributed by atoms with Crippen molar-refractivity contribution in [3.63, 3.8) is 0 Å². The fraction of sp³-hybridized carbons (Fsp3) is 0.417. The minimum Gasteiger partial charge on any atom is -0.385 e. The molecule has 1 N–H and O–H groups in total. The highest BCUT2D eigenvalue weighted by atomic mass is 16.3. The smallest absolute Gasteiger partial charge is 0.135 e. The van der Waals surface area contributed by atoms with E-state index in [0.717, 1.165) is 5.56 Å². The van der Waals surface area contributed by atoms with Gasteiger partial charge in [0.1, 0.15) is 5.78 Å². The second-order valence-corrected chi connectivity index (χ2v) is 3.85. The minimum atomic E-state index is -1.08. The molecule has 2 atom stereocenters. The van der Waals surface area contributed by atoms with Gasteiger partial charge >= 0.3 is 0 Å². The highest BCUT2D eigenvalue weighted by Crippen LogP contribution is 2.29. The van der Waals surface area contributed by atoms with Crippen LogP contribution in [0.1, 0.15) is 26.3 Å². The number of aliphatic hydroxyl groups is 1. The fourth-order valence-electron chi connectivity index (χ4n) is 1.42.